The van der Waals surface area contributed by atoms with E-state index in [1.807, 2.05) is 0 Å². The summed E-state index contributed by atoms with van der Waals surface area (Å²) >= 11 is 11.0. The number of ether oxygens (including phenoxy) is 2. The molecule has 2 N–H and O–H groups in total. The van der Waals surface area contributed by atoms with Crippen molar-refractivity contribution >= 4 is 29.0 Å². The van der Waals surface area contributed by atoms with Crippen LogP contribution in [0.2, 0.25) is 0 Å². The van der Waals surface area contributed by atoms with Gasteiger partial charge in [0.1, 0.15) is 6.10 Å². The molecule has 1 spiro atoms. The quantitative estimate of drug-likeness (QED) is 0.487. The maximum atomic E-state index is 11.1. The molecule has 0 aromatic carbocycles. The summed E-state index contributed by atoms with van der Waals surface area (Å²) in [5.74, 6) is -1.95. The number of carbonyl (C=O) groups is 1. The first-order valence-electron chi connectivity index (χ1n) is 3.53. The molecule has 2 heterocycles. The van der Waals surface area contributed by atoms with Gasteiger partial charge < -0.3 is 19.7 Å². The Labute approximate surface area is 83.1 Å². The zero-order valence-electron chi connectivity index (χ0n) is 6.24. The largest absolute Gasteiger partial charge is 0.393 e. The Bertz CT molecular complexity index is 268. The number of ketones is 1. The fourth-order valence-corrected chi connectivity index (χ4v) is 1.63. The number of hydrogen-bond donors (Lipinski definition) is 2. The van der Waals surface area contributed by atoms with Gasteiger partial charge in [0.25, 0.3) is 10.3 Å². The normalized spacial score (nSPS) is 41.7. The third kappa shape index (κ3) is 1.20. The summed E-state index contributed by atoms with van der Waals surface area (Å²) in [5.41, 5.74) is 0. The fraction of sp³-hybridized carbons (Fsp3) is 0.833. The van der Waals surface area contributed by atoms with E-state index in [4.69, 9.17) is 42.9 Å². The van der Waals surface area contributed by atoms with Gasteiger partial charge in [0, 0.05) is 0 Å². The van der Waals surface area contributed by atoms with Gasteiger partial charge in [-0.3, -0.25) is 4.79 Å². The lowest BCUT2D eigenvalue weighted by Crippen LogP contribution is -2.30. The number of hydrogen-bond acceptors (Lipinski definition) is 5. The minimum atomic E-state index is -1.50. The second-order valence-electron chi connectivity index (χ2n) is 2.88. The lowest BCUT2D eigenvalue weighted by molar-refractivity contribution is -0.130. The van der Waals surface area contributed by atoms with Crippen molar-refractivity contribution in [3.8, 4) is 0 Å². The SMILES string of the molecule is O=C(C(O)CO)C1OC12OC2(Cl)Cl. The van der Waals surface area contributed by atoms with Gasteiger partial charge in [-0.2, -0.15) is 0 Å². The van der Waals surface area contributed by atoms with Crippen molar-refractivity contribution in [2.45, 2.75) is 22.5 Å². The molecular formula is C6H6Cl2O5. The number of aliphatic hydroxyl groups is 2. The molecule has 0 aliphatic carbocycles. The molecule has 0 aromatic rings. The number of rotatable bonds is 3. The Morgan fingerprint density at radius 2 is 2.15 bits per heavy atom. The predicted octanol–water partition coefficient (Wildman–Crippen LogP) is -0.835. The van der Waals surface area contributed by atoms with E-state index >= 15 is 0 Å². The molecule has 2 fully saturated rings. The van der Waals surface area contributed by atoms with Gasteiger partial charge in [-0.05, 0) is 0 Å². The van der Waals surface area contributed by atoms with E-state index < -0.39 is 34.9 Å². The molecule has 0 amide bonds. The smallest absolute Gasteiger partial charge is 0.279 e. The van der Waals surface area contributed by atoms with Crippen molar-refractivity contribution in [3.05, 3.63) is 0 Å². The molecule has 3 atom stereocenters. The number of Topliss-reactive ketones (excluding diaryl/α,β-unsaturated/α-hetero) is 1. The van der Waals surface area contributed by atoms with E-state index in [1.165, 1.54) is 0 Å². The predicted molar refractivity (Wildman–Crippen MR) is 41.2 cm³/mol. The standard InChI is InChI=1S/C6H6Cl2O5/c7-6(8)5(13-6)4(12-5)3(11)2(10)1-9/h2,4,9-10H,1H2. The van der Waals surface area contributed by atoms with Crippen LogP contribution in [0.15, 0.2) is 0 Å². The average molecular weight is 229 g/mol. The monoisotopic (exact) mass is 228 g/mol. The van der Waals surface area contributed by atoms with Crippen LogP contribution in [0, 0.1) is 0 Å². The number of aliphatic hydroxyl groups excluding tert-OH is 2. The molecule has 5 nitrogen and oxygen atoms in total. The molecule has 0 saturated carbocycles. The first kappa shape index (κ1) is 9.64. The fourth-order valence-electron chi connectivity index (χ4n) is 1.11. The minimum Gasteiger partial charge on any atom is -0.393 e. The Balaban J connectivity index is 1.98. The molecule has 2 rings (SSSR count). The lowest BCUT2D eigenvalue weighted by Gasteiger charge is -2.00. The van der Waals surface area contributed by atoms with E-state index in [-0.39, 0.29) is 0 Å². The van der Waals surface area contributed by atoms with E-state index in [9.17, 15) is 4.79 Å². The van der Waals surface area contributed by atoms with Gasteiger partial charge in [0.2, 0.25) is 0 Å². The summed E-state index contributed by atoms with van der Waals surface area (Å²) in [7, 11) is 0. The Morgan fingerprint density at radius 1 is 1.62 bits per heavy atom. The van der Waals surface area contributed by atoms with Crippen molar-refractivity contribution in [3.63, 3.8) is 0 Å². The van der Waals surface area contributed by atoms with Gasteiger partial charge in [0.15, 0.2) is 11.9 Å². The third-order valence-electron chi connectivity index (χ3n) is 1.98. The van der Waals surface area contributed by atoms with Crippen molar-refractivity contribution < 1.29 is 24.5 Å². The molecular weight excluding hydrogens is 223 g/mol. The van der Waals surface area contributed by atoms with Gasteiger partial charge >= 0.3 is 0 Å². The highest BCUT2D eigenvalue weighted by molar-refractivity contribution is 6.50. The molecule has 74 valence electrons. The van der Waals surface area contributed by atoms with Gasteiger partial charge in [0.05, 0.1) is 6.61 Å². The zero-order chi connectivity index (χ0) is 9.85. The van der Waals surface area contributed by atoms with Crippen molar-refractivity contribution in [2.24, 2.45) is 0 Å². The summed E-state index contributed by atoms with van der Waals surface area (Å²) in [4.78, 5) is 11.1. The third-order valence-corrected chi connectivity index (χ3v) is 2.67. The summed E-state index contributed by atoms with van der Waals surface area (Å²) < 4.78 is 8.04. The van der Waals surface area contributed by atoms with E-state index in [2.05, 4.69) is 0 Å². The van der Waals surface area contributed by atoms with Crippen molar-refractivity contribution in [2.75, 3.05) is 6.61 Å². The zero-order valence-corrected chi connectivity index (χ0v) is 7.75. The van der Waals surface area contributed by atoms with Gasteiger partial charge in [-0.25, -0.2) is 0 Å². The van der Waals surface area contributed by atoms with E-state index in [0.717, 1.165) is 0 Å². The van der Waals surface area contributed by atoms with Crippen LogP contribution in [0.25, 0.3) is 0 Å². The number of epoxide rings is 2. The molecule has 0 radical (unpaired) electrons. The first-order chi connectivity index (χ1) is 5.94. The van der Waals surface area contributed by atoms with Crippen LogP contribution in [-0.2, 0) is 14.3 Å². The minimum absolute atomic E-state index is 0.660. The summed E-state index contributed by atoms with van der Waals surface area (Å²) in [6, 6.07) is 0. The van der Waals surface area contributed by atoms with Crippen LogP contribution in [-0.4, -0.2) is 45.1 Å². The Morgan fingerprint density at radius 3 is 2.46 bits per heavy atom. The van der Waals surface area contributed by atoms with Crippen LogP contribution in [0.4, 0.5) is 0 Å². The number of carbonyl (C=O) groups excluding carboxylic acids is 1. The van der Waals surface area contributed by atoms with Crippen LogP contribution in [0.3, 0.4) is 0 Å². The topological polar surface area (TPSA) is 82.6 Å². The molecule has 3 unspecified atom stereocenters. The Hall–Kier alpha value is 0.0900. The van der Waals surface area contributed by atoms with Crippen LogP contribution < -0.4 is 0 Å². The van der Waals surface area contributed by atoms with Crippen LogP contribution >= 0.6 is 23.2 Å². The maximum absolute atomic E-state index is 11.1. The highest BCUT2D eigenvalue weighted by Gasteiger charge is 2.88. The molecule has 2 aliphatic heterocycles. The highest BCUT2D eigenvalue weighted by atomic mass is 35.5. The number of alkyl halides is 2. The van der Waals surface area contributed by atoms with Crippen molar-refractivity contribution in [1.82, 2.24) is 0 Å². The molecule has 13 heavy (non-hydrogen) atoms. The van der Waals surface area contributed by atoms with Crippen LogP contribution in [0.5, 0.6) is 0 Å². The van der Waals surface area contributed by atoms with E-state index in [0.29, 0.717) is 0 Å². The second kappa shape index (κ2) is 2.56. The van der Waals surface area contributed by atoms with Gasteiger partial charge in [-0.1, -0.05) is 23.2 Å². The van der Waals surface area contributed by atoms with E-state index in [1.54, 1.807) is 0 Å². The molecule has 7 heteroatoms. The van der Waals surface area contributed by atoms with Gasteiger partial charge in [-0.15, -0.1) is 0 Å². The summed E-state index contributed by atoms with van der Waals surface area (Å²) in [6.07, 6.45) is -2.44. The summed E-state index contributed by atoms with van der Waals surface area (Å²) in [6.45, 7) is -0.660. The second-order valence-corrected chi connectivity index (χ2v) is 4.14. The molecule has 2 aliphatic rings. The maximum Gasteiger partial charge on any atom is 0.279 e. The molecule has 0 bridgehead atoms. The Kier molecular flexibility index (Phi) is 1.90. The highest BCUT2D eigenvalue weighted by Crippen LogP contribution is 2.67. The lowest BCUT2D eigenvalue weighted by atomic mass is 10.1. The first-order valence-corrected chi connectivity index (χ1v) is 4.28. The number of halogens is 2. The van der Waals surface area contributed by atoms with Crippen LogP contribution in [0.1, 0.15) is 0 Å². The average Bonchev–Trinajstić information content (AvgIpc) is 2.89. The van der Waals surface area contributed by atoms with Crippen molar-refractivity contribution in [1.29, 1.82) is 0 Å². The molecule has 2 saturated heterocycles. The summed E-state index contributed by atoms with van der Waals surface area (Å²) in [5, 5.41) is 17.4. The molecule has 0 aromatic heterocycles.